The summed E-state index contributed by atoms with van der Waals surface area (Å²) in [6.07, 6.45) is 1.86. The van der Waals surface area contributed by atoms with Crippen molar-refractivity contribution in [1.29, 1.82) is 0 Å². The van der Waals surface area contributed by atoms with Gasteiger partial charge >= 0.3 is 0 Å². The Labute approximate surface area is 52.0 Å². The van der Waals surface area contributed by atoms with Crippen molar-refractivity contribution in [1.82, 2.24) is 15.2 Å². The number of aromatic nitrogens is 3. The highest BCUT2D eigenvalue weighted by Crippen LogP contribution is 1.78. The quantitative estimate of drug-likeness (QED) is 0.562. The zero-order chi connectivity index (χ0) is 6.69. The Bertz CT molecular complexity index is 242. The number of nitrogens with one attached hydrogen (secondary N) is 1. The molecule has 0 aliphatic heterocycles. The van der Waals surface area contributed by atoms with Crippen LogP contribution in [0.3, 0.4) is 0 Å². The van der Waals surface area contributed by atoms with Crippen LogP contribution >= 0.6 is 0 Å². The van der Waals surface area contributed by atoms with Crippen LogP contribution in [0, 0.1) is 0 Å². The molecule has 1 N–H and O–H groups in total. The maximum absolute atomic E-state index is 10.5. The Morgan fingerprint density at radius 1 is 1.78 bits per heavy atom. The Kier molecular flexibility index (Phi) is 1.58. The highest BCUT2D eigenvalue weighted by molar-refractivity contribution is 4.80. The van der Waals surface area contributed by atoms with Crippen LogP contribution < -0.4 is 5.56 Å². The van der Waals surface area contributed by atoms with Crippen molar-refractivity contribution in [3.8, 4) is 0 Å². The van der Waals surface area contributed by atoms with E-state index in [9.17, 15) is 4.79 Å². The van der Waals surface area contributed by atoms with Crippen LogP contribution in [0.25, 0.3) is 0 Å². The van der Waals surface area contributed by atoms with Gasteiger partial charge in [0.05, 0.1) is 0 Å². The predicted octanol–water partition coefficient (Wildman–Crippen LogP) is -0.273. The van der Waals surface area contributed by atoms with Gasteiger partial charge in [0.15, 0.2) is 0 Å². The summed E-state index contributed by atoms with van der Waals surface area (Å²) in [5.41, 5.74) is -0.193. The maximum atomic E-state index is 10.5. The lowest BCUT2D eigenvalue weighted by atomic mass is 10.5. The van der Waals surface area contributed by atoms with Gasteiger partial charge in [0.1, 0.15) is 12.0 Å². The van der Waals surface area contributed by atoms with Gasteiger partial charge < -0.3 is 4.98 Å². The standard InChI is InChI=1S/C5H7N3O/c1-2-4-7-5(9)3-6-8-4/h3H,2H2,1H3,(H,7,8,9). The Morgan fingerprint density at radius 2 is 2.56 bits per heavy atom. The van der Waals surface area contributed by atoms with Crippen LogP contribution in [0.15, 0.2) is 11.0 Å². The molecule has 48 valence electrons. The van der Waals surface area contributed by atoms with E-state index in [1.807, 2.05) is 6.92 Å². The highest BCUT2D eigenvalue weighted by Gasteiger charge is 1.88. The highest BCUT2D eigenvalue weighted by atomic mass is 16.1. The molecule has 0 radical (unpaired) electrons. The lowest BCUT2D eigenvalue weighted by Crippen LogP contribution is -2.10. The normalized spacial score (nSPS) is 9.44. The van der Waals surface area contributed by atoms with Crippen LogP contribution in [0.1, 0.15) is 12.7 Å². The molecule has 0 spiro atoms. The third-order valence-electron chi connectivity index (χ3n) is 0.956. The van der Waals surface area contributed by atoms with Gasteiger partial charge in [-0.15, -0.1) is 5.10 Å². The number of nitrogens with zero attached hydrogens (tertiary/aromatic N) is 2. The lowest BCUT2D eigenvalue weighted by Gasteiger charge is -1.88. The van der Waals surface area contributed by atoms with Crippen molar-refractivity contribution >= 4 is 0 Å². The summed E-state index contributed by atoms with van der Waals surface area (Å²) in [6.45, 7) is 1.90. The van der Waals surface area contributed by atoms with Crippen LogP contribution in [0.2, 0.25) is 0 Å². The fourth-order valence-electron chi connectivity index (χ4n) is 0.510. The van der Waals surface area contributed by atoms with E-state index < -0.39 is 0 Å². The Morgan fingerprint density at radius 3 is 3.00 bits per heavy atom. The fourth-order valence-corrected chi connectivity index (χ4v) is 0.510. The Hall–Kier alpha value is -1.19. The second-order valence-electron chi connectivity index (χ2n) is 1.63. The minimum atomic E-state index is -0.193. The maximum Gasteiger partial charge on any atom is 0.269 e. The summed E-state index contributed by atoms with van der Waals surface area (Å²) < 4.78 is 0. The molecule has 1 rings (SSSR count). The summed E-state index contributed by atoms with van der Waals surface area (Å²) in [5, 5.41) is 7.11. The van der Waals surface area contributed by atoms with E-state index in [4.69, 9.17) is 0 Å². The molecule has 4 heteroatoms. The largest absolute Gasteiger partial charge is 0.308 e. The number of H-pyrrole nitrogens is 1. The number of aromatic amines is 1. The second-order valence-corrected chi connectivity index (χ2v) is 1.63. The van der Waals surface area contributed by atoms with Gasteiger partial charge in [-0.2, -0.15) is 5.10 Å². The van der Waals surface area contributed by atoms with E-state index >= 15 is 0 Å². The summed E-state index contributed by atoms with van der Waals surface area (Å²) in [4.78, 5) is 13.0. The summed E-state index contributed by atoms with van der Waals surface area (Å²) in [6, 6.07) is 0. The first-order valence-corrected chi connectivity index (χ1v) is 2.74. The molecular formula is C5H7N3O. The van der Waals surface area contributed by atoms with Gasteiger partial charge in [-0.25, -0.2) is 0 Å². The van der Waals surface area contributed by atoms with E-state index in [1.54, 1.807) is 0 Å². The summed E-state index contributed by atoms with van der Waals surface area (Å²) in [7, 11) is 0. The molecule has 0 fully saturated rings. The van der Waals surface area contributed by atoms with Gasteiger partial charge in [0, 0.05) is 6.42 Å². The van der Waals surface area contributed by atoms with Crippen molar-refractivity contribution < 1.29 is 0 Å². The van der Waals surface area contributed by atoms with Gasteiger partial charge in [0.25, 0.3) is 5.56 Å². The van der Waals surface area contributed by atoms with Gasteiger partial charge in [0.2, 0.25) is 0 Å². The zero-order valence-corrected chi connectivity index (χ0v) is 5.09. The van der Waals surface area contributed by atoms with Crippen LogP contribution in [-0.4, -0.2) is 15.2 Å². The SMILES string of the molecule is CCc1nncc(=O)[nH]1. The first-order chi connectivity index (χ1) is 4.33. The van der Waals surface area contributed by atoms with Gasteiger partial charge in [-0.1, -0.05) is 6.92 Å². The third kappa shape index (κ3) is 1.35. The van der Waals surface area contributed by atoms with Gasteiger partial charge in [-0.3, -0.25) is 4.79 Å². The summed E-state index contributed by atoms with van der Waals surface area (Å²) >= 11 is 0. The van der Waals surface area contributed by atoms with E-state index in [1.165, 1.54) is 0 Å². The predicted molar refractivity (Wildman–Crippen MR) is 32.0 cm³/mol. The molecule has 9 heavy (non-hydrogen) atoms. The number of rotatable bonds is 1. The molecule has 0 amide bonds. The smallest absolute Gasteiger partial charge is 0.269 e. The molecule has 0 saturated heterocycles. The van der Waals surface area contributed by atoms with Crippen molar-refractivity contribution in [3.63, 3.8) is 0 Å². The molecule has 1 aromatic rings. The first kappa shape index (κ1) is 5.94. The van der Waals surface area contributed by atoms with Crippen molar-refractivity contribution in [2.45, 2.75) is 13.3 Å². The molecule has 4 nitrogen and oxygen atoms in total. The van der Waals surface area contributed by atoms with Crippen molar-refractivity contribution in [2.24, 2.45) is 0 Å². The minimum Gasteiger partial charge on any atom is -0.308 e. The second kappa shape index (κ2) is 2.39. The molecule has 0 unspecified atom stereocenters. The molecular weight excluding hydrogens is 118 g/mol. The van der Waals surface area contributed by atoms with Gasteiger partial charge in [-0.05, 0) is 0 Å². The third-order valence-corrected chi connectivity index (χ3v) is 0.956. The van der Waals surface area contributed by atoms with E-state index in [0.29, 0.717) is 12.2 Å². The minimum absolute atomic E-state index is 0.193. The molecule has 0 atom stereocenters. The Balaban J connectivity index is 3.08. The molecule has 0 aromatic carbocycles. The average molecular weight is 125 g/mol. The first-order valence-electron chi connectivity index (χ1n) is 2.74. The topological polar surface area (TPSA) is 58.6 Å². The van der Waals surface area contributed by atoms with Crippen LogP contribution in [0.4, 0.5) is 0 Å². The molecule has 1 aromatic heterocycles. The zero-order valence-electron chi connectivity index (χ0n) is 5.09. The number of hydrogen-bond acceptors (Lipinski definition) is 3. The number of hydrogen-bond donors (Lipinski definition) is 1. The van der Waals surface area contributed by atoms with Crippen molar-refractivity contribution in [2.75, 3.05) is 0 Å². The molecule has 0 aliphatic rings. The monoisotopic (exact) mass is 125 g/mol. The fraction of sp³-hybridized carbons (Fsp3) is 0.400. The summed E-state index contributed by atoms with van der Waals surface area (Å²) in [5.74, 6) is 0.627. The molecule has 1 heterocycles. The van der Waals surface area contributed by atoms with E-state index in [2.05, 4.69) is 15.2 Å². The van der Waals surface area contributed by atoms with Crippen molar-refractivity contribution in [3.05, 3.63) is 22.4 Å². The molecule has 0 bridgehead atoms. The van der Waals surface area contributed by atoms with Crippen LogP contribution in [0.5, 0.6) is 0 Å². The van der Waals surface area contributed by atoms with Crippen LogP contribution in [-0.2, 0) is 6.42 Å². The molecule has 0 aliphatic carbocycles. The van der Waals surface area contributed by atoms with E-state index in [0.717, 1.165) is 6.20 Å². The molecule has 0 saturated carbocycles. The average Bonchev–Trinajstić information content (AvgIpc) is 1.88. The van der Waals surface area contributed by atoms with E-state index in [-0.39, 0.29) is 5.56 Å². The lowest BCUT2D eigenvalue weighted by molar-refractivity contribution is 0.830. The number of aryl methyl sites for hydroxylation is 1.